The largest absolute Gasteiger partial charge is 0.398 e. The minimum atomic E-state index is -0.548. The number of nitrogens with zero attached hydrogens (tertiary/aromatic N) is 2. The zero-order valence-corrected chi connectivity index (χ0v) is 13.7. The summed E-state index contributed by atoms with van der Waals surface area (Å²) in [4.78, 5) is 25.3. The Hall–Kier alpha value is -3.09. The standard InChI is InChI=1S/C17H18N4O3/c1-9(2)21-8-11(17(23)19-14-7-10(3)24-20-14)16(22)15-12(18)5-4-6-13(15)21/h4-9H,18H2,1-3H3,(H,19,20,23). The molecule has 1 amide bonds. The number of carbonyl (C=O) groups is 1. The Morgan fingerprint density at radius 3 is 2.75 bits per heavy atom. The van der Waals surface area contributed by atoms with Crippen LogP contribution in [-0.4, -0.2) is 15.6 Å². The van der Waals surface area contributed by atoms with E-state index < -0.39 is 11.3 Å². The molecular formula is C17H18N4O3. The number of aryl methyl sites for hydroxylation is 1. The fraction of sp³-hybridized carbons (Fsp3) is 0.235. The number of nitrogens with one attached hydrogen (secondary N) is 1. The Morgan fingerprint density at radius 1 is 1.38 bits per heavy atom. The first kappa shape index (κ1) is 15.8. The van der Waals surface area contributed by atoms with Crippen molar-refractivity contribution in [2.24, 2.45) is 0 Å². The summed E-state index contributed by atoms with van der Waals surface area (Å²) in [5.74, 6) is 0.273. The normalized spacial score (nSPS) is 11.2. The van der Waals surface area contributed by atoms with Crippen LogP contribution in [0.25, 0.3) is 10.9 Å². The van der Waals surface area contributed by atoms with Gasteiger partial charge in [-0.25, -0.2) is 0 Å². The highest BCUT2D eigenvalue weighted by Gasteiger charge is 2.19. The number of rotatable bonds is 3. The second-order valence-electron chi connectivity index (χ2n) is 5.89. The Bertz CT molecular complexity index is 985. The second-order valence-corrected chi connectivity index (χ2v) is 5.89. The van der Waals surface area contributed by atoms with Crippen LogP contribution in [0, 0.1) is 6.92 Å². The van der Waals surface area contributed by atoms with Gasteiger partial charge in [-0.05, 0) is 32.9 Å². The molecule has 0 aliphatic rings. The number of fused-ring (bicyclic) bond motifs is 1. The van der Waals surface area contributed by atoms with E-state index in [-0.39, 0.29) is 17.4 Å². The molecule has 2 aromatic heterocycles. The maximum absolute atomic E-state index is 12.8. The van der Waals surface area contributed by atoms with Crippen molar-refractivity contribution < 1.29 is 9.32 Å². The van der Waals surface area contributed by atoms with Crippen molar-refractivity contribution in [3.63, 3.8) is 0 Å². The number of anilines is 2. The quantitative estimate of drug-likeness (QED) is 0.720. The lowest BCUT2D eigenvalue weighted by molar-refractivity contribution is 0.102. The van der Waals surface area contributed by atoms with E-state index in [0.29, 0.717) is 22.4 Å². The zero-order chi connectivity index (χ0) is 17.4. The van der Waals surface area contributed by atoms with Gasteiger partial charge in [0.2, 0.25) is 5.43 Å². The molecule has 3 aromatic rings. The molecule has 0 saturated carbocycles. The molecule has 0 fully saturated rings. The van der Waals surface area contributed by atoms with E-state index in [1.165, 1.54) is 0 Å². The topological polar surface area (TPSA) is 103 Å². The van der Waals surface area contributed by atoms with Gasteiger partial charge in [0.1, 0.15) is 11.3 Å². The number of hydrogen-bond acceptors (Lipinski definition) is 5. The van der Waals surface area contributed by atoms with Crippen LogP contribution >= 0.6 is 0 Å². The first-order valence-electron chi connectivity index (χ1n) is 7.56. The first-order chi connectivity index (χ1) is 11.4. The number of benzene rings is 1. The zero-order valence-electron chi connectivity index (χ0n) is 13.7. The molecule has 3 rings (SSSR count). The van der Waals surface area contributed by atoms with Crippen LogP contribution < -0.4 is 16.5 Å². The molecule has 2 heterocycles. The van der Waals surface area contributed by atoms with Crippen LogP contribution in [0.1, 0.15) is 36.0 Å². The smallest absolute Gasteiger partial charge is 0.262 e. The third-order valence-corrected chi connectivity index (χ3v) is 3.76. The molecule has 0 atom stereocenters. The summed E-state index contributed by atoms with van der Waals surface area (Å²) in [6.45, 7) is 5.65. The molecular weight excluding hydrogens is 308 g/mol. The van der Waals surface area contributed by atoms with E-state index in [2.05, 4.69) is 10.5 Å². The van der Waals surface area contributed by atoms with Crippen molar-refractivity contribution in [2.75, 3.05) is 11.1 Å². The third kappa shape index (κ3) is 2.64. The number of pyridine rings is 1. The SMILES string of the molecule is Cc1cc(NC(=O)c2cn(C(C)C)c3cccc(N)c3c2=O)no1. The van der Waals surface area contributed by atoms with Crippen LogP contribution in [0.2, 0.25) is 0 Å². The van der Waals surface area contributed by atoms with Crippen molar-refractivity contribution in [1.82, 2.24) is 9.72 Å². The molecule has 0 unspecified atom stereocenters. The lowest BCUT2D eigenvalue weighted by Crippen LogP contribution is -2.25. The molecule has 0 aliphatic carbocycles. The minimum absolute atomic E-state index is 0.00903. The molecule has 0 aliphatic heterocycles. The molecule has 7 heteroatoms. The molecule has 3 N–H and O–H groups in total. The van der Waals surface area contributed by atoms with E-state index in [1.54, 1.807) is 31.3 Å². The average molecular weight is 326 g/mol. The van der Waals surface area contributed by atoms with Crippen molar-refractivity contribution in [2.45, 2.75) is 26.8 Å². The summed E-state index contributed by atoms with van der Waals surface area (Å²) in [6.07, 6.45) is 1.55. The van der Waals surface area contributed by atoms with Crippen LogP contribution in [0.3, 0.4) is 0 Å². The number of hydrogen-bond donors (Lipinski definition) is 2. The summed E-state index contributed by atoms with van der Waals surface area (Å²) in [7, 11) is 0. The number of nitrogen functional groups attached to an aromatic ring is 1. The molecule has 0 spiro atoms. The number of nitrogens with two attached hydrogens (primary N) is 1. The summed E-state index contributed by atoms with van der Waals surface area (Å²) in [5, 5.41) is 6.62. The number of aromatic nitrogens is 2. The van der Waals surface area contributed by atoms with E-state index in [9.17, 15) is 9.59 Å². The molecule has 24 heavy (non-hydrogen) atoms. The summed E-state index contributed by atoms with van der Waals surface area (Å²) >= 11 is 0. The molecule has 0 radical (unpaired) electrons. The average Bonchev–Trinajstić information content (AvgIpc) is 2.92. The summed E-state index contributed by atoms with van der Waals surface area (Å²) in [6, 6.07) is 6.88. The van der Waals surface area contributed by atoms with Crippen molar-refractivity contribution in [3.8, 4) is 0 Å². The van der Waals surface area contributed by atoms with Crippen molar-refractivity contribution in [1.29, 1.82) is 0 Å². The van der Waals surface area contributed by atoms with Gasteiger partial charge in [-0.15, -0.1) is 0 Å². The van der Waals surface area contributed by atoms with Crippen LogP contribution in [0.4, 0.5) is 11.5 Å². The fourth-order valence-corrected chi connectivity index (χ4v) is 2.62. The predicted octanol–water partition coefficient (Wildman–Crippen LogP) is 2.71. The van der Waals surface area contributed by atoms with Gasteiger partial charge in [0, 0.05) is 24.0 Å². The Morgan fingerprint density at radius 2 is 2.12 bits per heavy atom. The molecule has 0 bridgehead atoms. The Kier molecular flexibility index (Phi) is 3.84. The molecule has 124 valence electrons. The first-order valence-corrected chi connectivity index (χ1v) is 7.56. The summed E-state index contributed by atoms with van der Waals surface area (Å²) < 4.78 is 6.77. The maximum atomic E-state index is 12.8. The van der Waals surface area contributed by atoms with E-state index in [1.807, 2.05) is 24.5 Å². The van der Waals surface area contributed by atoms with Gasteiger partial charge in [0.15, 0.2) is 5.82 Å². The van der Waals surface area contributed by atoms with Gasteiger partial charge >= 0.3 is 0 Å². The van der Waals surface area contributed by atoms with Gasteiger partial charge in [-0.2, -0.15) is 0 Å². The lowest BCUT2D eigenvalue weighted by atomic mass is 10.1. The third-order valence-electron chi connectivity index (χ3n) is 3.76. The van der Waals surface area contributed by atoms with Gasteiger partial charge in [0.05, 0.1) is 10.9 Å². The highest BCUT2D eigenvalue weighted by molar-refractivity contribution is 6.06. The van der Waals surface area contributed by atoms with E-state index in [4.69, 9.17) is 10.3 Å². The van der Waals surface area contributed by atoms with Crippen LogP contribution in [-0.2, 0) is 0 Å². The molecule has 7 nitrogen and oxygen atoms in total. The van der Waals surface area contributed by atoms with Crippen molar-refractivity contribution >= 4 is 28.3 Å². The summed E-state index contributed by atoms with van der Waals surface area (Å²) in [5.41, 5.74) is 6.63. The highest BCUT2D eigenvalue weighted by atomic mass is 16.5. The highest BCUT2D eigenvalue weighted by Crippen LogP contribution is 2.22. The monoisotopic (exact) mass is 326 g/mol. The van der Waals surface area contributed by atoms with Crippen molar-refractivity contribution in [3.05, 3.63) is 52.0 Å². The number of amides is 1. The van der Waals surface area contributed by atoms with Gasteiger partial charge in [-0.3, -0.25) is 9.59 Å². The van der Waals surface area contributed by atoms with E-state index in [0.717, 1.165) is 0 Å². The van der Waals surface area contributed by atoms with Gasteiger partial charge in [0.25, 0.3) is 5.91 Å². The Balaban J connectivity index is 2.17. The van der Waals surface area contributed by atoms with Gasteiger partial charge in [-0.1, -0.05) is 11.2 Å². The maximum Gasteiger partial charge on any atom is 0.262 e. The predicted molar refractivity (Wildman–Crippen MR) is 92.2 cm³/mol. The van der Waals surface area contributed by atoms with Crippen LogP contribution in [0.5, 0.6) is 0 Å². The Labute approximate surface area is 138 Å². The van der Waals surface area contributed by atoms with Crippen LogP contribution in [0.15, 0.2) is 39.8 Å². The second kappa shape index (κ2) is 5.84. The molecule has 0 saturated heterocycles. The van der Waals surface area contributed by atoms with Gasteiger partial charge < -0.3 is 20.1 Å². The number of carbonyl (C=O) groups excluding carboxylic acids is 1. The lowest BCUT2D eigenvalue weighted by Gasteiger charge is -2.17. The van der Waals surface area contributed by atoms with E-state index >= 15 is 0 Å². The minimum Gasteiger partial charge on any atom is -0.398 e. The molecule has 1 aromatic carbocycles. The fourth-order valence-electron chi connectivity index (χ4n) is 2.62.